The Bertz CT molecular complexity index is 1020. The summed E-state index contributed by atoms with van der Waals surface area (Å²) >= 11 is 0. The van der Waals surface area contributed by atoms with Crippen molar-refractivity contribution in [2.75, 3.05) is 6.61 Å². The minimum atomic E-state index is -0.167. The Morgan fingerprint density at radius 2 is 1.69 bits per heavy atom. The lowest BCUT2D eigenvalue weighted by Crippen LogP contribution is -2.05. The van der Waals surface area contributed by atoms with Crippen LogP contribution in [0.5, 0.6) is 0 Å². The van der Waals surface area contributed by atoms with Crippen LogP contribution in [0.4, 0.5) is 0 Å². The summed E-state index contributed by atoms with van der Waals surface area (Å²) in [5.74, 6) is 3.15. The number of benzene rings is 2. The number of hydrogen-bond acceptors (Lipinski definition) is 5. The van der Waals surface area contributed by atoms with Crippen LogP contribution < -0.4 is 0 Å². The number of rotatable bonds is 7. The summed E-state index contributed by atoms with van der Waals surface area (Å²) in [5.41, 5.74) is 5.84. The van der Waals surface area contributed by atoms with Crippen molar-refractivity contribution in [3.63, 3.8) is 0 Å². The molecule has 0 amide bonds. The first-order valence-corrected chi connectivity index (χ1v) is 9.54. The predicted molar refractivity (Wildman–Crippen MR) is 110 cm³/mol. The van der Waals surface area contributed by atoms with Gasteiger partial charge in [-0.15, -0.1) is 0 Å². The number of aryl methyl sites for hydroxylation is 2. The molecule has 148 valence electrons. The summed E-state index contributed by atoms with van der Waals surface area (Å²) in [4.78, 5) is 11.5. The van der Waals surface area contributed by atoms with Crippen LogP contribution in [-0.2, 0) is 22.4 Å². The Balaban J connectivity index is 1.72. The van der Waals surface area contributed by atoms with Gasteiger partial charge in [-0.2, -0.15) is 0 Å². The number of aliphatic hydroxyl groups excluding tert-OH is 1. The molecule has 1 N–H and O–H groups in total. The van der Waals surface area contributed by atoms with Gasteiger partial charge in [0.15, 0.2) is 5.76 Å². The average molecular weight is 389 g/mol. The quantitative estimate of drug-likeness (QED) is 0.469. The number of esters is 1. The molecular weight excluding hydrogens is 366 g/mol. The van der Waals surface area contributed by atoms with Gasteiger partial charge in [0.25, 0.3) is 0 Å². The molecule has 0 aliphatic rings. The topological polar surface area (TPSA) is 72.6 Å². The van der Waals surface area contributed by atoms with Crippen molar-refractivity contribution in [1.29, 1.82) is 0 Å². The van der Waals surface area contributed by atoms with Crippen LogP contribution in [0, 0.1) is 19.0 Å². The van der Waals surface area contributed by atoms with E-state index in [4.69, 9.17) is 14.4 Å². The molecule has 0 saturated heterocycles. The molecule has 0 bridgehead atoms. The highest BCUT2D eigenvalue weighted by Crippen LogP contribution is 2.29. The highest BCUT2D eigenvalue weighted by Gasteiger charge is 2.14. The van der Waals surface area contributed by atoms with E-state index in [1.807, 2.05) is 56.4 Å². The van der Waals surface area contributed by atoms with E-state index in [1.165, 1.54) is 0 Å². The summed E-state index contributed by atoms with van der Waals surface area (Å²) in [5, 5.41) is 12.8. The van der Waals surface area contributed by atoms with E-state index in [1.54, 1.807) is 0 Å². The van der Waals surface area contributed by atoms with Crippen molar-refractivity contribution in [3.05, 3.63) is 65.4 Å². The summed E-state index contributed by atoms with van der Waals surface area (Å²) in [6.07, 6.45) is 3.37. The van der Waals surface area contributed by atoms with Gasteiger partial charge in [0, 0.05) is 24.0 Å². The van der Waals surface area contributed by atoms with Crippen LogP contribution in [0.1, 0.15) is 30.2 Å². The first-order chi connectivity index (χ1) is 14.1. The fourth-order valence-electron chi connectivity index (χ4n) is 3.11. The van der Waals surface area contributed by atoms with Crippen LogP contribution in [-0.4, -0.2) is 22.8 Å². The SMILES string of the molecule is CCOC(=O)CCc1ccc(-c2ccc(-c3onc(C)c3CC#CO)cc2)cc1. The summed E-state index contributed by atoms with van der Waals surface area (Å²) in [6, 6.07) is 16.2. The van der Waals surface area contributed by atoms with Crippen molar-refractivity contribution in [2.24, 2.45) is 0 Å². The molecule has 1 aromatic heterocycles. The molecule has 3 aromatic rings. The standard InChI is InChI=1S/C24H23NO4/c1-3-28-23(27)15-8-18-6-9-19(10-7-18)20-11-13-21(14-12-20)24-22(5-4-16-26)17(2)25-29-24/h6-7,9-14,26H,3,5,8,15H2,1-2H3. The second-order valence-electron chi connectivity index (χ2n) is 6.62. The molecular formula is C24H23NO4. The van der Waals surface area contributed by atoms with Crippen LogP contribution in [0.2, 0.25) is 0 Å². The highest BCUT2D eigenvalue weighted by atomic mass is 16.5. The van der Waals surface area contributed by atoms with Gasteiger partial charge in [-0.1, -0.05) is 59.6 Å². The molecule has 5 nitrogen and oxygen atoms in total. The smallest absolute Gasteiger partial charge is 0.306 e. The normalized spacial score (nSPS) is 10.3. The first kappa shape index (κ1) is 20.2. The monoisotopic (exact) mass is 389 g/mol. The van der Waals surface area contributed by atoms with E-state index >= 15 is 0 Å². The van der Waals surface area contributed by atoms with E-state index in [0.29, 0.717) is 31.6 Å². The number of nitrogens with zero attached hydrogens (tertiary/aromatic N) is 1. The minimum absolute atomic E-state index is 0.167. The fraction of sp³-hybridized carbons (Fsp3) is 0.250. The van der Waals surface area contributed by atoms with Gasteiger partial charge in [-0.05, 0) is 37.0 Å². The predicted octanol–water partition coefficient (Wildman–Crippen LogP) is 4.69. The summed E-state index contributed by atoms with van der Waals surface area (Å²) in [6.45, 7) is 4.09. The number of aliphatic hydroxyl groups is 1. The van der Waals surface area contributed by atoms with Gasteiger partial charge in [-0.25, -0.2) is 0 Å². The third-order valence-corrected chi connectivity index (χ3v) is 4.69. The number of aromatic nitrogens is 1. The van der Waals surface area contributed by atoms with E-state index in [2.05, 4.69) is 23.2 Å². The molecule has 0 atom stereocenters. The van der Waals surface area contributed by atoms with E-state index < -0.39 is 0 Å². The second kappa shape index (κ2) is 9.61. The number of hydrogen-bond donors (Lipinski definition) is 1. The summed E-state index contributed by atoms with van der Waals surface area (Å²) in [7, 11) is 0. The highest BCUT2D eigenvalue weighted by molar-refractivity contribution is 5.71. The molecule has 0 unspecified atom stereocenters. The van der Waals surface area contributed by atoms with Crippen LogP contribution in [0.3, 0.4) is 0 Å². The maximum Gasteiger partial charge on any atom is 0.306 e. The molecule has 3 rings (SSSR count). The molecule has 0 aliphatic carbocycles. The maximum atomic E-state index is 11.5. The van der Waals surface area contributed by atoms with Crippen molar-refractivity contribution >= 4 is 5.97 Å². The Morgan fingerprint density at radius 1 is 1.07 bits per heavy atom. The largest absolute Gasteiger partial charge is 0.466 e. The fourth-order valence-corrected chi connectivity index (χ4v) is 3.11. The van der Waals surface area contributed by atoms with E-state index in [9.17, 15) is 4.79 Å². The van der Waals surface area contributed by atoms with Gasteiger partial charge in [0.05, 0.1) is 12.3 Å². The molecule has 0 fully saturated rings. The van der Waals surface area contributed by atoms with Crippen LogP contribution >= 0.6 is 0 Å². The Labute approximate surface area is 170 Å². The number of carbonyl (C=O) groups is 1. The van der Waals surface area contributed by atoms with Crippen LogP contribution in [0.25, 0.3) is 22.5 Å². The Kier molecular flexibility index (Phi) is 6.70. The molecule has 0 aliphatic heterocycles. The van der Waals surface area contributed by atoms with E-state index in [0.717, 1.165) is 33.5 Å². The molecule has 0 spiro atoms. The molecule has 0 saturated carbocycles. The average Bonchev–Trinajstić information content (AvgIpc) is 3.12. The molecule has 1 heterocycles. The molecule has 2 aromatic carbocycles. The summed E-state index contributed by atoms with van der Waals surface area (Å²) < 4.78 is 10.4. The zero-order valence-corrected chi connectivity index (χ0v) is 16.6. The maximum absolute atomic E-state index is 11.5. The van der Waals surface area contributed by atoms with Crippen molar-refractivity contribution in [1.82, 2.24) is 5.16 Å². The van der Waals surface area contributed by atoms with Gasteiger partial charge in [0.2, 0.25) is 0 Å². The van der Waals surface area contributed by atoms with Crippen molar-refractivity contribution < 1.29 is 19.2 Å². The van der Waals surface area contributed by atoms with Gasteiger partial charge in [0.1, 0.15) is 6.11 Å². The zero-order chi connectivity index (χ0) is 20.6. The lowest BCUT2D eigenvalue weighted by atomic mass is 9.99. The van der Waals surface area contributed by atoms with Crippen molar-refractivity contribution in [2.45, 2.75) is 33.1 Å². The van der Waals surface area contributed by atoms with Gasteiger partial charge in [-0.3, -0.25) is 4.79 Å². The lowest BCUT2D eigenvalue weighted by molar-refractivity contribution is -0.143. The van der Waals surface area contributed by atoms with Crippen molar-refractivity contribution in [3.8, 4) is 34.5 Å². The van der Waals surface area contributed by atoms with Gasteiger partial charge >= 0.3 is 5.97 Å². The molecule has 5 heteroatoms. The third kappa shape index (κ3) is 5.05. The Hall–Kier alpha value is -3.52. The molecule has 0 radical (unpaired) electrons. The molecule has 29 heavy (non-hydrogen) atoms. The minimum Gasteiger partial charge on any atom is -0.466 e. The number of carbonyl (C=O) groups excluding carboxylic acids is 1. The van der Waals surface area contributed by atoms with E-state index in [-0.39, 0.29) is 5.97 Å². The van der Waals surface area contributed by atoms with Gasteiger partial charge < -0.3 is 14.4 Å². The van der Waals surface area contributed by atoms with Crippen LogP contribution in [0.15, 0.2) is 53.1 Å². The Morgan fingerprint density at radius 3 is 2.31 bits per heavy atom. The lowest BCUT2D eigenvalue weighted by Gasteiger charge is -2.06. The third-order valence-electron chi connectivity index (χ3n) is 4.69. The second-order valence-corrected chi connectivity index (χ2v) is 6.62. The first-order valence-electron chi connectivity index (χ1n) is 9.54. The number of ether oxygens (including phenoxy) is 1. The zero-order valence-electron chi connectivity index (χ0n) is 16.6.